The number of piperidine rings is 1. The number of nitrogens with one attached hydrogen (secondary N) is 1. The highest BCUT2D eigenvalue weighted by atomic mass is 16.4. The number of aliphatic carboxylic acids is 1. The van der Waals surface area contributed by atoms with E-state index in [1.807, 2.05) is 35.2 Å². The molecule has 1 aliphatic carbocycles. The second-order valence-corrected chi connectivity index (χ2v) is 7.36. The van der Waals surface area contributed by atoms with Crippen molar-refractivity contribution in [1.82, 2.24) is 10.2 Å². The minimum Gasteiger partial charge on any atom is -0.481 e. The molecule has 0 bridgehead atoms. The van der Waals surface area contributed by atoms with E-state index >= 15 is 0 Å². The molecule has 0 aromatic heterocycles. The van der Waals surface area contributed by atoms with Gasteiger partial charge in [-0.15, -0.1) is 0 Å². The van der Waals surface area contributed by atoms with Gasteiger partial charge in [-0.2, -0.15) is 0 Å². The number of rotatable bonds is 6. The molecule has 3 atom stereocenters. The summed E-state index contributed by atoms with van der Waals surface area (Å²) in [6.07, 6.45) is 7.07. The standard InChI is InChI=1S/C20H28N2O3/c23-19(24)12-11-17(14-15-6-2-1-3-7-15)21-20(25)22-13-5-9-16-8-4-10-18(16)22/h1-3,6-7,16-18H,4-5,8-14H2,(H,21,25)(H,23,24). The molecule has 5 heteroatoms. The zero-order valence-electron chi connectivity index (χ0n) is 14.7. The number of carbonyl (C=O) groups excluding carboxylic acids is 1. The summed E-state index contributed by atoms with van der Waals surface area (Å²) >= 11 is 0. The van der Waals surface area contributed by atoms with Gasteiger partial charge in [0.15, 0.2) is 0 Å². The van der Waals surface area contributed by atoms with Gasteiger partial charge in [-0.3, -0.25) is 4.79 Å². The van der Waals surface area contributed by atoms with E-state index in [2.05, 4.69) is 5.32 Å². The van der Waals surface area contributed by atoms with E-state index in [-0.39, 0.29) is 18.5 Å². The van der Waals surface area contributed by atoms with Gasteiger partial charge in [0, 0.05) is 25.0 Å². The number of carboxylic acid groups (broad SMARTS) is 1. The van der Waals surface area contributed by atoms with Crippen LogP contribution in [0.4, 0.5) is 4.79 Å². The molecule has 1 saturated heterocycles. The Balaban J connectivity index is 1.63. The fraction of sp³-hybridized carbons (Fsp3) is 0.600. The van der Waals surface area contributed by atoms with Gasteiger partial charge >= 0.3 is 12.0 Å². The number of nitrogens with zero attached hydrogens (tertiary/aromatic N) is 1. The van der Waals surface area contributed by atoms with Crippen LogP contribution in [0.2, 0.25) is 0 Å². The van der Waals surface area contributed by atoms with E-state index in [0.717, 1.165) is 24.9 Å². The van der Waals surface area contributed by atoms with Crippen LogP contribution in [0, 0.1) is 5.92 Å². The Bertz CT molecular complexity index is 590. The molecule has 1 aromatic carbocycles. The highest BCUT2D eigenvalue weighted by Gasteiger charge is 2.37. The number of hydrogen-bond acceptors (Lipinski definition) is 2. The van der Waals surface area contributed by atoms with Crippen molar-refractivity contribution in [3.05, 3.63) is 35.9 Å². The van der Waals surface area contributed by atoms with Crippen molar-refractivity contribution < 1.29 is 14.7 Å². The number of amides is 2. The Labute approximate surface area is 149 Å². The van der Waals surface area contributed by atoms with Gasteiger partial charge in [0.25, 0.3) is 0 Å². The fourth-order valence-electron chi connectivity index (χ4n) is 4.39. The highest BCUT2D eigenvalue weighted by molar-refractivity contribution is 5.75. The smallest absolute Gasteiger partial charge is 0.317 e. The number of hydrogen-bond donors (Lipinski definition) is 2. The van der Waals surface area contributed by atoms with Gasteiger partial charge < -0.3 is 15.3 Å². The van der Waals surface area contributed by atoms with Crippen molar-refractivity contribution in [3.63, 3.8) is 0 Å². The molecule has 2 amide bonds. The summed E-state index contributed by atoms with van der Waals surface area (Å²) in [5.41, 5.74) is 1.12. The van der Waals surface area contributed by atoms with Crippen LogP contribution in [0.5, 0.6) is 0 Å². The van der Waals surface area contributed by atoms with Crippen molar-refractivity contribution in [1.29, 1.82) is 0 Å². The molecule has 2 N–H and O–H groups in total. The molecule has 25 heavy (non-hydrogen) atoms. The van der Waals surface area contributed by atoms with Crippen LogP contribution in [-0.4, -0.2) is 40.6 Å². The number of likely N-dealkylation sites (tertiary alicyclic amines) is 1. The van der Waals surface area contributed by atoms with Crippen molar-refractivity contribution in [3.8, 4) is 0 Å². The largest absolute Gasteiger partial charge is 0.481 e. The van der Waals surface area contributed by atoms with E-state index in [1.165, 1.54) is 19.3 Å². The Kier molecular flexibility index (Phi) is 5.95. The first kappa shape index (κ1) is 17.8. The fourth-order valence-corrected chi connectivity index (χ4v) is 4.39. The molecule has 1 aromatic rings. The maximum Gasteiger partial charge on any atom is 0.317 e. The number of carboxylic acids is 1. The average Bonchev–Trinajstić information content (AvgIpc) is 3.09. The van der Waals surface area contributed by atoms with E-state index in [9.17, 15) is 9.59 Å². The van der Waals surface area contributed by atoms with Gasteiger partial charge in [-0.25, -0.2) is 4.79 Å². The molecule has 1 aliphatic heterocycles. The summed E-state index contributed by atoms with van der Waals surface area (Å²) in [7, 11) is 0. The van der Waals surface area contributed by atoms with Crippen LogP contribution in [-0.2, 0) is 11.2 Å². The van der Waals surface area contributed by atoms with Crippen LogP contribution in [0.1, 0.15) is 50.5 Å². The maximum absolute atomic E-state index is 12.9. The van der Waals surface area contributed by atoms with Crippen molar-refractivity contribution in [2.75, 3.05) is 6.54 Å². The lowest BCUT2D eigenvalue weighted by atomic mass is 9.92. The lowest BCUT2D eigenvalue weighted by molar-refractivity contribution is -0.137. The van der Waals surface area contributed by atoms with E-state index in [4.69, 9.17) is 5.11 Å². The van der Waals surface area contributed by atoms with Gasteiger partial charge in [0.05, 0.1) is 0 Å². The molecular weight excluding hydrogens is 316 g/mol. The van der Waals surface area contributed by atoms with Crippen molar-refractivity contribution >= 4 is 12.0 Å². The Morgan fingerprint density at radius 1 is 1.16 bits per heavy atom. The van der Waals surface area contributed by atoms with E-state index in [1.54, 1.807) is 0 Å². The summed E-state index contributed by atoms with van der Waals surface area (Å²) in [6.45, 7) is 0.823. The summed E-state index contributed by atoms with van der Waals surface area (Å²) in [6, 6.07) is 10.2. The predicted octanol–water partition coefficient (Wildman–Crippen LogP) is 3.44. The van der Waals surface area contributed by atoms with Crippen LogP contribution in [0.3, 0.4) is 0 Å². The Hall–Kier alpha value is -2.04. The molecule has 3 rings (SSSR count). The van der Waals surface area contributed by atoms with Gasteiger partial charge in [-0.05, 0) is 50.0 Å². The van der Waals surface area contributed by atoms with Crippen LogP contribution < -0.4 is 5.32 Å². The van der Waals surface area contributed by atoms with Crippen LogP contribution >= 0.6 is 0 Å². The van der Waals surface area contributed by atoms with Gasteiger partial charge in [-0.1, -0.05) is 36.8 Å². The van der Waals surface area contributed by atoms with Crippen LogP contribution in [0.15, 0.2) is 30.3 Å². The molecule has 136 valence electrons. The summed E-state index contributed by atoms with van der Waals surface area (Å²) in [4.78, 5) is 25.8. The van der Waals surface area contributed by atoms with Gasteiger partial charge in [0.1, 0.15) is 0 Å². The first-order valence-electron chi connectivity index (χ1n) is 9.46. The molecule has 0 spiro atoms. The Morgan fingerprint density at radius 3 is 2.68 bits per heavy atom. The van der Waals surface area contributed by atoms with Crippen LogP contribution in [0.25, 0.3) is 0 Å². The monoisotopic (exact) mass is 344 g/mol. The normalized spacial score (nSPS) is 23.8. The summed E-state index contributed by atoms with van der Waals surface area (Å²) in [5.74, 6) is -0.160. The number of urea groups is 1. The molecule has 2 aliphatic rings. The van der Waals surface area contributed by atoms with Gasteiger partial charge in [0.2, 0.25) is 0 Å². The first-order chi connectivity index (χ1) is 12.1. The molecule has 2 fully saturated rings. The number of carbonyl (C=O) groups is 2. The number of fused-ring (bicyclic) bond motifs is 1. The quantitative estimate of drug-likeness (QED) is 0.830. The van der Waals surface area contributed by atoms with Crippen molar-refractivity contribution in [2.24, 2.45) is 5.92 Å². The lowest BCUT2D eigenvalue weighted by Gasteiger charge is -2.38. The van der Waals surface area contributed by atoms with E-state index in [0.29, 0.717) is 24.8 Å². The highest BCUT2D eigenvalue weighted by Crippen LogP contribution is 2.36. The third kappa shape index (κ3) is 4.74. The first-order valence-corrected chi connectivity index (χ1v) is 9.46. The zero-order valence-corrected chi connectivity index (χ0v) is 14.7. The molecule has 3 unspecified atom stereocenters. The minimum atomic E-state index is -0.818. The maximum atomic E-state index is 12.9. The molecule has 1 heterocycles. The summed E-state index contributed by atoms with van der Waals surface area (Å²) in [5, 5.41) is 12.1. The predicted molar refractivity (Wildman–Crippen MR) is 96.4 cm³/mol. The zero-order chi connectivity index (χ0) is 17.6. The Morgan fingerprint density at radius 2 is 1.92 bits per heavy atom. The molecule has 0 radical (unpaired) electrons. The SMILES string of the molecule is O=C(O)CCC(Cc1ccccc1)NC(=O)N1CCCC2CCCC21. The second-order valence-electron chi connectivity index (χ2n) is 7.36. The molecule has 1 saturated carbocycles. The second kappa shape index (κ2) is 8.37. The third-order valence-electron chi connectivity index (χ3n) is 5.61. The van der Waals surface area contributed by atoms with Crippen molar-refractivity contribution in [2.45, 2.75) is 63.5 Å². The lowest BCUT2D eigenvalue weighted by Crippen LogP contribution is -2.53. The minimum absolute atomic E-state index is 0.0112. The topological polar surface area (TPSA) is 69.6 Å². The number of benzene rings is 1. The van der Waals surface area contributed by atoms with E-state index < -0.39 is 5.97 Å². The summed E-state index contributed by atoms with van der Waals surface area (Å²) < 4.78 is 0. The average molecular weight is 344 g/mol. The molecule has 5 nitrogen and oxygen atoms in total. The molecular formula is C20H28N2O3. The third-order valence-corrected chi connectivity index (χ3v) is 5.61.